The quantitative estimate of drug-likeness (QED) is 0.353. The van der Waals surface area contributed by atoms with Crippen LogP contribution in [0.3, 0.4) is 0 Å². The van der Waals surface area contributed by atoms with Gasteiger partial charge >= 0.3 is 45.5 Å². The molecule has 0 spiro atoms. The number of hydrogen-bond acceptors (Lipinski definition) is 3. The van der Waals surface area contributed by atoms with Crippen LogP contribution in [0.4, 0.5) is 0 Å². The molecule has 0 heterocycles. The third-order valence-corrected chi connectivity index (χ3v) is 0. The van der Waals surface area contributed by atoms with E-state index in [1.165, 1.54) is 0 Å². The summed E-state index contributed by atoms with van der Waals surface area (Å²) in [5, 5.41) is 0. The molecular weight excluding hydrogens is 164 g/mol. The fourth-order valence-electron chi connectivity index (χ4n) is 0. The maximum atomic E-state index is 8.52. The Hall–Kier alpha value is 1.10. The predicted molar refractivity (Wildman–Crippen MR) is 12.2 cm³/mol. The Balaban J connectivity index is 0. The van der Waals surface area contributed by atoms with Gasteiger partial charge < -0.3 is 14.1 Å². The van der Waals surface area contributed by atoms with Crippen molar-refractivity contribution in [1.29, 1.82) is 0 Å². The Morgan fingerprint density at radius 1 is 1.40 bits per heavy atom. The van der Waals surface area contributed by atoms with Crippen molar-refractivity contribution in [3.63, 3.8) is 0 Å². The minimum absolute atomic E-state index is 0. The molecular formula is O3SiSr. The smallest absolute Gasteiger partial charge is 0.672 e. The van der Waals surface area contributed by atoms with Crippen LogP contribution in [0.5, 0.6) is 0 Å². The molecule has 0 aromatic rings. The third kappa shape index (κ3) is 40.6. The molecule has 24 valence electrons. The minimum atomic E-state index is -3.63. The summed E-state index contributed by atoms with van der Waals surface area (Å²) in [5.41, 5.74) is 0. The van der Waals surface area contributed by atoms with Crippen molar-refractivity contribution in [3.05, 3.63) is 0 Å². The monoisotopic (exact) mass is 164 g/mol. The van der Waals surface area contributed by atoms with Crippen molar-refractivity contribution >= 4 is 54.7 Å². The molecule has 0 N–H and O–H groups in total. The number of hydrogen-bond donors (Lipinski definition) is 0. The first kappa shape index (κ1) is 9.44. The average molecular weight is 164 g/mol. The normalized spacial score (nSPS) is 4.80. The summed E-state index contributed by atoms with van der Waals surface area (Å²) in [4.78, 5) is 17.0. The van der Waals surface area contributed by atoms with Crippen molar-refractivity contribution in [3.8, 4) is 0 Å². The zero-order chi connectivity index (χ0) is 3.58. The van der Waals surface area contributed by atoms with Gasteiger partial charge in [0.25, 0.3) is 0 Å². The first-order valence-corrected chi connectivity index (χ1v) is 1.84. The van der Waals surface area contributed by atoms with Crippen LogP contribution in [0, 0.1) is 0 Å². The topological polar surface area (TPSA) is 63.2 Å². The van der Waals surface area contributed by atoms with Crippen molar-refractivity contribution in [2.45, 2.75) is 0 Å². The molecule has 0 atom stereocenters. The molecule has 0 aliphatic rings. The summed E-state index contributed by atoms with van der Waals surface area (Å²) in [6.45, 7) is 0. The van der Waals surface area contributed by atoms with E-state index in [2.05, 4.69) is 0 Å². The average Bonchev–Trinajstić information content (AvgIpc) is 0.811. The minimum Gasteiger partial charge on any atom is -0.672 e. The molecule has 0 aromatic heterocycles. The Labute approximate surface area is 67.8 Å². The standard InChI is InChI=1S/O3Si.Sr/c1-4(2)3;/q-2;+2. The molecule has 0 rings (SSSR count). The molecule has 0 aliphatic carbocycles. The van der Waals surface area contributed by atoms with Crippen LogP contribution in [-0.2, 0) is 4.46 Å². The van der Waals surface area contributed by atoms with Gasteiger partial charge in [0.1, 0.15) is 0 Å². The predicted octanol–water partition coefficient (Wildman–Crippen LogP) is -3.26. The molecule has 0 aliphatic heterocycles. The van der Waals surface area contributed by atoms with Crippen LogP contribution in [0.1, 0.15) is 0 Å². The van der Waals surface area contributed by atoms with E-state index in [1.807, 2.05) is 0 Å². The molecule has 0 amide bonds. The first-order chi connectivity index (χ1) is 1.73. The van der Waals surface area contributed by atoms with Crippen LogP contribution in [-0.4, -0.2) is 54.7 Å². The number of rotatable bonds is 0. The Morgan fingerprint density at radius 3 is 1.40 bits per heavy atom. The molecule has 0 fully saturated rings. The van der Waals surface area contributed by atoms with Crippen LogP contribution >= 0.6 is 0 Å². The van der Waals surface area contributed by atoms with E-state index in [9.17, 15) is 0 Å². The van der Waals surface area contributed by atoms with Gasteiger partial charge in [-0.25, -0.2) is 0 Å². The summed E-state index contributed by atoms with van der Waals surface area (Å²) in [7, 11) is -3.63. The molecule has 3 nitrogen and oxygen atoms in total. The summed E-state index contributed by atoms with van der Waals surface area (Å²) in [6, 6.07) is 0. The summed E-state index contributed by atoms with van der Waals surface area (Å²) in [6.07, 6.45) is 0. The maximum Gasteiger partial charge on any atom is 2.00 e. The van der Waals surface area contributed by atoms with E-state index in [0.717, 1.165) is 0 Å². The Bertz CT molecular complexity index is 29.9. The van der Waals surface area contributed by atoms with Crippen molar-refractivity contribution in [2.75, 3.05) is 0 Å². The molecule has 5 heavy (non-hydrogen) atoms. The van der Waals surface area contributed by atoms with Gasteiger partial charge in [0, 0.05) is 9.17 Å². The van der Waals surface area contributed by atoms with E-state index >= 15 is 0 Å². The van der Waals surface area contributed by atoms with Crippen LogP contribution in [0.2, 0.25) is 0 Å². The van der Waals surface area contributed by atoms with Crippen LogP contribution in [0.25, 0.3) is 0 Å². The Kier molecular flexibility index (Phi) is 9.62. The second kappa shape index (κ2) is 5.10. The largest absolute Gasteiger partial charge is 2.00 e. The zero-order valence-corrected chi connectivity index (χ0v) is 6.91. The molecule has 0 saturated heterocycles. The summed E-state index contributed by atoms with van der Waals surface area (Å²) >= 11 is 0. The summed E-state index contributed by atoms with van der Waals surface area (Å²) < 4.78 is 8.52. The molecule has 0 radical (unpaired) electrons. The van der Waals surface area contributed by atoms with Gasteiger partial charge in [-0.2, -0.15) is 0 Å². The van der Waals surface area contributed by atoms with Gasteiger partial charge in [0.15, 0.2) is 0 Å². The Morgan fingerprint density at radius 2 is 1.40 bits per heavy atom. The van der Waals surface area contributed by atoms with Crippen molar-refractivity contribution in [2.24, 2.45) is 0 Å². The van der Waals surface area contributed by atoms with E-state index in [4.69, 9.17) is 14.1 Å². The van der Waals surface area contributed by atoms with Gasteiger partial charge in [-0.05, 0) is 0 Å². The van der Waals surface area contributed by atoms with Gasteiger partial charge in [-0.1, -0.05) is 0 Å². The van der Waals surface area contributed by atoms with Crippen molar-refractivity contribution < 1.29 is 14.1 Å². The van der Waals surface area contributed by atoms with E-state index in [1.54, 1.807) is 0 Å². The van der Waals surface area contributed by atoms with Crippen molar-refractivity contribution in [1.82, 2.24) is 0 Å². The van der Waals surface area contributed by atoms with Crippen LogP contribution < -0.4 is 9.59 Å². The van der Waals surface area contributed by atoms with E-state index in [0.29, 0.717) is 0 Å². The van der Waals surface area contributed by atoms with Gasteiger partial charge in [-0.3, -0.25) is 0 Å². The third-order valence-electron chi connectivity index (χ3n) is 0. The molecule has 5 heteroatoms. The van der Waals surface area contributed by atoms with E-state index < -0.39 is 9.17 Å². The maximum absolute atomic E-state index is 8.52. The zero-order valence-electron chi connectivity index (χ0n) is 2.43. The summed E-state index contributed by atoms with van der Waals surface area (Å²) in [5.74, 6) is 0. The fraction of sp³-hybridized carbons (Fsp3) is 0. The molecule has 0 unspecified atom stereocenters. The molecule has 0 bridgehead atoms. The van der Waals surface area contributed by atoms with Gasteiger partial charge in [-0.15, -0.1) is 0 Å². The van der Waals surface area contributed by atoms with Crippen LogP contribution in [0.15, 0.2) is 0 Å². The molecule has 0 saturated carbocycles. The SMILES string of the molecule is O=[Si]([O-])[O-].[Sr+2]. The van der Waals surface area contributed by atoms with Gasteiger partial charge in [0.05, 0.1) is 0 Å². The second-order valence-electron chi connectivity index (χ2n) is 0.250. The second-order valence-corrected chi connectivity index (χ2v) is 0.750. The fourth-order valence-corrected chi connectivity index (χ4v) is 0. The van der Waals surface area contributed by atoms with Gasteiger partial charge in [0.2, 0.25) is 0 Å². The van der Waals surface area contributed by atoms with E-state index in [-0.39, 0.29) is 45.5 Å². The first-order valence-electron chi connectivity index (χ1n) is 0.612. The molecule has 0 aromatic carbocycles.